The van der Waals surface area contributed by atoms with Gasteiger partial charge < -0.3 is 10.2 Å². The molecule has 3 rings (SSSR count). The standard InChI is InChI=1S/C22H28ClN3O3S/c1-18-10-11-19(23)16-21(18)26(30(28,29)20-8-3-2-4-9-20)17-22(27)24-12-7-15-25-13-5-6-14-25/h2-4,8-11,16H,5-7,12-15,17H2,1H3,(H,24,27). The van der Waals surface area contributed by atoms with E-state index in [1.54, 1.807) is 43.3 Å². The Morgan fingerprint density at radius 2 is 1.83 bits per heavy atom. The van der Waals surface area contributed by atoms with Gasteiger partial charge in [0.25, 0.3) is 10.0 Å². The average Bonchev–Trinajstić information content (AvgIpc) is 3.25. The SMILES string of the molecule is Cc1ccc(Cl)cc1N(CC(=O)NCCCN1CCCC1)S(=O)(=O)c1ccccc1. The molecule has 6 nitrogen and oxygen atoms in total. The summed E-state index contributed by atoms with van der Waals surface area (Å²) < 4.78 is 27.8. The molecule has 1 aliphatic heterocycles. The normalized spacial score (nSPS) is 14.6. The number of nitrogens with one attached hydrogen (secondary N) is 1. The number of likely N-dealkylation sites (tertiary alicyclic amines) is 1. The number of rotatable bonds is 9. The summed E-state index contributed by atoms with van der Waals surface area (Å²) in [5, 5.41) is 3.27. The van der Waals surface area contributed by atoms with Crippen molar-refractivity contribution in [2.24, 2.45) is 0 Å². The first-order chi connectivity index (χ1) is 14.4. The number of halogens is 1. The van der Waals surface area contributed by atoms with E-state index in [1.807, 2.05) is 0 Å². The summed E-state index contributed by atoms with van der Waals surface area (Å²) in [6.45, 7) is 5.19. The van der Waals surface area contributed by atoms with E-state index in [0.29, 0.717) is 17.3 Å². The minimum absolute atomic E-state index is 0.131. The molecule has 0 aromatic heterocycles. The maximum Gasteiger partial charge on any atom is 0.264 e. The van der Waals surface area contributed by atoms with Crippen molar-refractivity contribution in [2.45, 2.75) is 31.1 Å². The minimum Gasteiger partial charge on any atom is -0.354 e. The maximum absolute atomic E-state index is 13.3. The topological polar surface area (TPSA) is 69.7 Å². The summed E-state index contributed by atoms with van der Waals surface area (Å²) in [6.07, 6.45) is 3.31. The number of carbonyl (C=O) groups is 1. The molecule has 0 atom stereocenters. The number of anilines is 1. The summed E-state index contributed by atoms with van der Waals surface area (Å²) in [5.41, 5.74) is 1.12. The number of amides is 1. The Labute approximate surface area is 183 Å². The van der Waals surface area contributed by atoms with E-state index in [0.717, 1.165) is 35.9 Å². The molecule has 0 radical (unpaired) electrons. The fourth-order valence-electron chi connectivity index (χ4n) is 3.59. The molecule has 0 spiro atoms. The predicted molar refractivity (Wildman–Crippen MR) is 120 cm³/mol. The van der Waals surface area contributed by atoms with Gasteiger partial charge in [-0.25, -0.2) is 8.42 Å². The van der Waals surface area contributed by atoms with E-state index < -0.39 is 10.0 Å². The molecule has 2 aromatic carbocycles. The second-order valence-electron chi connectivity index (χ2n) is 7.51. The van der Waals surface area contributed by atoms with E-state index in [-0.39, 0.29) is 17.3 Å². The molecular formula is C22H28ClN3O3S. The minimum atomic E-state index is -3.93. The van der Waals surface area contributed by atoms with E-state index in [4.69, 9.17) is 11.6 Å². The molecule has 1 fully saturated rings. The van der Waals surface area contributed by atoms with Crippen LogP contribution in [0.5, 0.6) is 0 Å². The second-order valence-corrected chi connectivity index (χ2v) is 9.81. The van der Waals surface area contributed by atoms with Crippen molar-refractivity contribution in [2.75, 3.05) is 37.0 Å². The molecule has 1 aliphatic rings. The van der Waals surface area contributed by atoms with Gasteiger partial charge in [-0.1, -0.05) is 35.9 Å². The molecule has 8 heteroatoms. The van der Waals surface area contributed by atoms with Crippen LogP contribution in [0.3, 0.4) is 0 Å². The molecule has 0 saturated carbocycles. The van der Waals surface area contributed by atoms with Crippen LogP contribution in [-0.4, -0.2) is 51.9 Å². The van der Waals surface area contributed by atoms with Crippen LogP contribution in [0.4, 0.5) is 5.69 Å². The van der Waals surface area contributed by atoms with Crippen LogP contribution in [0.15, 0.2) is 53.4 Å². The van der Waals surface area contributed by atoms with Gasteiger partial charge in [0.05, 0.1) is 10.6 Å². The van der Waals surface area contributed by atoms with Crippen LogP contribution >= 0.6 is 11.6 Å². The molecule has 2 aromatic rings. The summed E-state index contributed by atoms with van der Waals surface area (Å²) in [7, 11) is -3.93. The Morgan fingerprint density at radius 3 is 2.53 bits per heavy atom. The van der Waals surface area contributed by atoms with Crippen LogP contribution < -0.4 is 9.62 Å². The zero-order chi connectivity index (χ0) is 21.6. The van der Waals surface area contributed by atoms with Gasteiger partial charge in [0.2, 0.25) is 5.91 Å². The molecule has 1 saturated heterocycles. The third kappa shape index (κ3) is 5.74. The Kier molecular flexibility index (Phi) is 7.75. The van der Waals surface area contributed by atoms with Gasteiger partial charge >= 0.3 is 0 Å². The Morgan fingerprint density at radius 1 is 1.13 bits per heavy atom. The fraction of sp³-hybridized carbons (Fsp3) is 0.409. The van der Waals surface area contributed by atoms with Crippen molar-refractivity contribution >= 4 is 33.2 Å². The summed E-state index contributed by atoms with van der Waals surface area (Å²) in [6, 6.07) is 13.2. The molecule has 0 bridgehead atoms. The Hall–Kier alpha value is -2.09. The molecule has 0 aliphatic carbocycles. The molecule has 162 valence electrons. The molecular weight excluding hydrogens is 422 g/mol. The van der Waals surface area contributed by atoms with Crippen molar-refractivity contribution in [3.8, 4) is 0 Å². The number of benzene rings is 2. The maximum atomic E-state index is 13.3. The first kappa shape index (κ1) is 22.6. The highest BCUT2D eigenvalue weighted by Gasteiger charge is 2.28. The van der Waals surface area contributed by atoms with Crippen molar-refractivity contribution in [3.05, 3.63) is 59.1 Å². The number of nitrogens with zero attached hydrogens (tertiary/aromatic N) is 2. The number of hydrogen-bond acceptors (Lipinski definition) is 4. The van der Waals surface area contributed by atoms with Crippen molar-refractivity contribution < 1.29 is 13.2 Å². The third-order valence-electron chi connectivity index (χ3n) is 5.23. The number of carbonyl (C=O) groups excluding carboxylic acids is 1. The highest BCUT2D eigenvalue weighted by atomic mass is 35.5. The number of sulfonamides is 1. The monoisotopic (exact) mass is 449 g/mol. The van der Waals surface area contributed by atoms with Gasteiger partial charge in [-0.05, 0) is 75.6 Å². The summed E-state index contributed by atoms with van der Waals surface area (Å²) in [5.74, 6) is -0.338. The average molecular weight is 450 g/mol. The lowest BCUT2D eigenvalue weighted by molar-refractivity contribution is -0.119. The largest absolute Gasteiger partial charge is 0.354 e. The smallest absolute Gasteiger partial charge is 0.264 e. The first-order valence-corrected chi connectivity index (χ1v) is 12.0. The second kappa shape index (κ2) is 10.3. The van der Waals surface area contributed by atoms with E-state index >= 15 is 0 Å². The highest BCUT2D eigenvalue weighted by Crippen LogP contribution is 2.29. The van der Waals surface area contributed by atoms with Crippen LogP contribution in [0, 0.1) is 6.92 Å². The Bertz CT molecular complexity index is 961. The lowest BCUT2D eigenvalue weighted by Crippen LogP contribution is -2.41. The fourth-order valence-corrected chi connectivity index (χ4v) is 5.26. The van der Waals surface area contributed by atoms with Gasteiger partial charge in [-0.2, -0.15) is 0 Å². The van der Waals surface area contributed by atoms with Crippen LogP contribution in [0.2, 0.25) is 5.02 Å². The summed E-state index contributed by atoms with van der Waals surface area (Å²) >= 11 is 6.13. The van der Waals surface area contributed by atoms with E-state index in [9.17, 15) is 13.2 Å². The quantitative estimate of drug-likeness (QED) is 0.595. The van der Waals surface area contributed by atoms with Gasteiger partial charge in [-0.3, -0.25) is 9.10 Å². The van der Waals surface area contributed by atoms with Gasteiger partial charge in [0, 0.05) is 11.6 Å². The number of aryl methyl sites for hydroxylation is 1. The van der Waals surface area contributed by atoms with Crippen LogP contribution in [-0.2, 0) is 14.8 Å². The molecule has 1 amide bonds. The van der Waals surface area contributed by atoms with E-state index in [2.05, 4.69) is 10.2 Å². The first-order valence-electron chi connectivity index (χ1n) is 10.2. The predicted octanol–water partition coefficient (Wildman–Crippen LogP) is 3.45. The van der Waals surface area contributed by atoms with Crippen molar-refractivity contribution in [1.82, 2.24) is 10.2 Å². The van der Waals surface area contributed by atoms with Crippen molar-refractivity contribution in [1.29, 1.82) is 0 Å². The molecule has 1 heterocycles. The number of hydrogen-bond donors (Lipinski definition) is 1. The zero-order valence-electron chi connectivity index (χ0n) is 17.2. The molecule has 0 unspecified atom stereocenters. The van der Waals surface area contributed by atoms with Crippen LogP contribution in [0.1, 0.15) is 24.8 Å². The van der Waals surface area contributed by atoms with E-state index in [1.165, 1.54) is 25.0 Å². The lowest BCUT2D eigenvalue weighted by Gasteiger charge is -2.26. The van der Waals surface area contributed by atoms with Gasteiger partial charge in [-0.15, -0.1) is 0 Å². The summed E-state index contributed by atoms with van der Waals surface area (Å²) in [4.78, 5) is 15.1. The Balaban J connectivity index is 1.74. The van der Waals surface area contributed by atoms with Gasteiger partial charge in [0.15, 0.2) is 0 Å². The lowest BCUT2D eigenvalue weighted by atomic mass is 10.2. The molecule has 1 N–H and O–H groups in total. The van der Waals surface area contributed by atoms with Crippen molar-refractivity contribution in [3.63, 3.8) is 0 Å². The van der Waals surface area contributed by atoms with Crippen LogP contribution in [0.25, 0.3) is 0 Å². The highest BCUT2D eigenvalue weighted by molar-refractivity contribution is 7.92. The molecule has 30 heavy (non-hydrogen) atoms. The zero-order valence-corrected chi connectivity index (χ0v) is 18.8. The van der Waals surface area contributed by atoms with Gasteiger partial charge in [0.1, 0.15) is 6.54 Å². The third-order valence-corrected chi connectivity index (χ3v) is 7.24.